The van der Waals surface area contributed by atoms with Gasteiger partial charge in [0.05, 0.1) is 96.0 Å². The van der Waals surface area contributed by atoms with E-state index in [4.69, 9.17) is 30.4 Å². The average Bonchev–Trinajstić information content (AvgIpc) is 1.80. The topological polar surface area (TPSA) is 337 Å². The van der Waals surface area contributed by atoms with E-state index in [0.717, 1.165) is 12.8 Å². The number of rotatable bonds is 41. The van der Waals surface area contributed by atoms with Crippen molar-refractivity contribution < 1.29 is 74.1 Å². The highest BCUT2D eigenvalue weighted by Crippen LogP contribution is 2.35. The van der Waals surface area contributed by atoms with Crippen LogP contribution >= 0.6 is 0 Å². The smallest absolute Gasteiger partial charge is 0.264 e. The quantitative estimate of drug-likeness (QED) is 0.0462. The van der Waals surface area contributed by atoms with Crippen LogP contribution in [0.4, 0.5) is 11.4 Å². The molecule has 16 atom stereocenters. The number of ketones is 2. The van der Waals surface area contributed by atoms with Crippen molar-refractivity contribution in [2.24, 2.45) is 59.2 Å². The first-order chi connectivity index (χ1) is 48.9. The van der Waals surface area contributed by atoms with Gasteiger partial charge in [-0.15, -0.1) is 0 Å². The molecule has 28 heteroatoms. The zero-order valence-corrected chi connectivity index (χ0v) is 69.2. The number of nitrogens with one attached hydrogen (secondary N) is 2. The number of nitrogens with zero attached hydrogens (tertiary/aromatic N) is 6. The van der Waals surface area contributed by atoms with Gasteiger partial charge in [-0.2, -0.15) is 0 Å². The first-order valence-electron chi connectivity index (χ1n) is 37.4. The van der Waals surface area contributed by atoms with Gasteiger partial charge in [0.25, 0.3) is 10.0 Å². The Labute approximate surface area is 629 Å². The summed E-state index contributed by atoms with van der Waals surface area (Å²) in [5, 5.41) is 0. The highest BCUT2D eigenvalue weighted by atomic mass is 32.2. The zero-order chi connectivity index (χ0) is 80.0. The van der Waals surface area contributed by atoms with Gasteiger partial charge < -0.3 is 50.0 Å². The number of carbonyl (C=O) groups is 8. The van der Waals surface area contributed by atoms with E-state index in [1.165, 1.54) is 52.7 Å². The summed E-state index contributed by atoms with van der Waals surface area (Å²) in [5.41, 5.74) is 12.8. The number of sulfonamides is 2. The minimum absolute atomic E-state index is 0.0199. The Balaban J connectivity index is 0.000000545. The number of anilines is 2. The van der Waals surface area contributed by atoms with Gasteiger partial charge in [-0.25, -0.2) is 21.6 Å². The summed E-state index contributed by atoms with van der Waals surface area (Å²) in [6, 6.07) is 9.40. The Morgan fingerprint density at radius 3 is 1.14 bits per heavy atom. The molecule has 105 heavy (non-hydrogen) atoms. The molecule has 2 aromatic carbocycles. The minimum atomic E-state index is -4.16. The second kappa shape index (κ2) is 42.6. The van der Waals surface area contributed by atoms with Gasteiger partial charge in [-0.3, -0.25) is 52.9 Å². The molecule has 2 aromatic rings. The number of likely N-dealkylation sites (tertiary alicyclic amines) is 2. The normalized spacial score (nSPS) is 19.1. The fourth-order valence-corrected chi connectivity index (χ4v) is 17.8. The molecule has 0 aromatic heterocycles. The lowest BCUT2D eigenvalue weighted by Gasteiger charge is -2.41. The van der Waals surface area contributed by atoms with E-state index in [0.29, 0.717) is 55.7 Å². The van der Waals surface area contributed by atoms with Crippen LogP contribution in [-0.2, 0) is 83.1 Å². The Morgan fingerprint density at radius 1 is 0.495 bits per heavy atom. The van der Waals surface area contributed by atoms with E-state index < -0.39 is 110 Å². The Morgan fingerprint density at radius 2 is 0.838 bits per heavy atom. The molecule has 0 radical (unpaired) electrons. The van der Waals surface area contributed by atoms with Crippen LogP contribution in [0.1, 0.15) is 167 Å². The van der Waals surface area contributed by atoms with Crippen LogP contribution in [0.15, 0.2) is 53.4 Å². The minimum Gasteiger partial charge on any atom is -0.399 e. The molecule has 2 heterocycles. The largest absolute Gasteiger partial charge is 0.399 e. The fraction of sp³-hybridized carbons (Fsp3) is 0.740. The summed E-state index contributed by atoms with van der Waals surface area (Å²) in [6.07, 6.45) is 1.26. The maximum Gasteiger partial charge on any atom is 0.264 e. The van der Waals surface area contributed by atoms with Crippen LogP contribution in [0, 0.1) is 59.2 Å². The Bertz CT molecular complexity index is 3340. The summed E-state index contributed by atoms with van der Waals surface area (Å²) in [4.78, 5) is 121. The molecule has 2 aliphatic heterocycles. The van der Waals surface area contributed by atoms with Crippen LogP contribution in [0.3, 0.4) is 0 Å². The van der Waals surface area contributed by atoms with Crippen LogP contribution in [0.2, 0.25) is 0 Å². The van der Waals surface area contributed by atoms with Crippen LogP contribution < -0.4 is 20.9 Å². The summed E-state index contributed by atoms with van der Waals surface area (Å²) < 4.78 is 79.6. The molecule has 4 rings (SSSR count). The van der Waals surface area contributed by atoms with E-state index >= 15 is 0 Å². The number of nitrogens with two attached hydrogens (primary N) is 2. The highest BCUT2D eigenvalue weighted by Gasteiger charge is 2.47. The van der Waals surface area contributed by atoms with E-state index in [9.17, 15) is 55.2 Å². The summed E-state index contributed by atoms with van der Waals surface area (Å²) in [6.45, 7) is 28.0. The van der Waals surface area contributed by atoms with E-state index in [1.54, 1.807) is 71.8 Å². The number of Topliss-reactive ketones (excluding diaryl/α,β-unsaturated/α-hetero) is 2. The number of hydrogen-bond acceptors (Lipinski definition) is 20. The third-order valence-corrected chi connectivity index (χ3v) is 24.2. The van der Waals surface area contributed by atoms with Gasteiger partial charge in [0.15, 0.2) is 11.6 Å². The molecule has 26 nitrogen and oxygen atoms in total. The van der Waals surface area contributed by atoms with Gasteiger partial charge in [0.1, 0.15) is 0 Å². The van der Waals surface area contributed by atoms with Crippen molar-refractivity contribution in [2.75, 3.05) is 95.3 Å². The third-order valence-electron chi connectivity index (χ3n) is 21.7. The highest BCUT2D eigenvalue weighted by molar-refractivity contribution is 7.90. The Kier molecular flexibility index (Phi) is 37.7. The summed E-state index contributed by atoms with van der Waals surface area (Å²) >= 11 is 0. The number of likely N-dealkylation sites (N-methyl/N-ethyl adjacent to an activating group) is 4. The molecule has 2 unspecified atom stereocenters. The van der Waals surface area contributed by atoms with Crippen LogP contribution in [0.5, 0.6) is 0 Å². The van der Waals surface area contributed by atoms with Crippen molar-refractivity contribution in [3.63, 3.8) is 0 Å². The molecule has 2 aliphatic rings. The number of ether oxygens (including phenoxy) is 4. The molecule has 0 spiro atoms. The lowest BCUT2D eigenvalue weighted by atomic mass is 9.83. The monoisotopic (exact) mass is 1520 g/mol. The van der Waals surface area contributed by atoms with Crippen LogP contribution in [0.25, 0.3) is 0 Å². The summed E-state index contributed by atoms with van der Waals surface area (Å²) in [7, 11) is 8.78. The number of nitrogen functional groups attached to an aromatic ring is 2. The van der Waals surface area contributed by atoms with Crippen molar-refractivity contribution in [2.45, 2.75) is 232 Å². The molecule has 0 bridgehead atoms. The van der Waals surface area contributed by atoms with Crippen molar-refractivity contribution in [1.29, 1.82) is 0 Å². The second-order valence-corrected chi connectivity index (χ2v) is 34.4. The molecule has 6 N–H and O–H groups in total. The number of amides is 6. The number of carbonyl (C=O) groups excluding carboxylic acids is 8. The van der Waals surface area contributed by atoms with E-state index in [-0.39, 0.29) is 113 Å². The van der Waals surface area contributed by atoms with E-state index in [2.05, 4.69) is 9.44 Å². The van der Waals surface area contributed by atoms with Crippen molar-refractivity contribution in [3.8, 4) is 0 Å². The van der Waals surface area contributed by atoms with Crippen molar-refractivity contribution in [3.05, 3.63) is 54.1 Å². The van der Waals surface area contributed by atoms with Crippen molar-refractivity contribution >= 4 is 78.4 Å². The maximum absolute atomic E-state index is 14.2. The standard InChI is InChI=1S/C39H67N5O8S.C38H65N5O8S/c1-13-26(6)36(43(10)39(48)30(24(2)3)21-32(45)35(25(4)5)42(8)9)33(51-11)22-34(46)44-20-14-15-31(44)37(52-12)27(7)38(47)41-53(49,50)23-28-16-18-29(40)19-17-28;1-13-25(6)35(42(10)38(47)29(23(2)3)21-31(44)34(24(4)5)41(8)9)32(50-11)22-33(45)43-20-14-15-30(43)36(51-12)26(7)37(46)40-52(48,49)28-18-16-27(39)17-19-28/h16-19,24-27,30-31,33,35-37H,13-15,20-23,40H2,1-12H3,(H,41,47);16-19,23-26,29-30,32,34-36H,13-15,20-22,39H2,1-12H3,(H,40,46)/t26-,27+,30?,31-,33+,35-,36-,37+;25-,26+,29?,30-,32+,34-,35-,36+/m00/s1. The van der Waals surface area contributed by atoms with Gasteiger partial charge >= 0.3 is 0 Å². The van der Waals surface area contributed by atoms with Crippen molar-refractivity contribution in [1.82, 2.24) is 38.8 Å². The van der Waals surface area contributed by atoms with E-state index in [1.807, 2.05) is 121 Å². The molecular weight excluding hydrogens is 1390 g/mol. The maximum atomic E-state index is 14.2. The number of hydrogen-bond donors (Lipinski definition) is 4. The zero-order valence-electron chi connectivity index (χ0n) is 67.5. The SMILES string of the molecule is CC[C@H](C)[C@@H]([C@@H](CC(=O)N1CCC[C@H]1[C@H](OC)[C@@H](C)C(=O)NS(=O)(=O)Cc1ccc(N)cc1)OC)N(C)C(=O)C(CC(=O)[C@H](C(C)C)N(C)C)C(C)C.CC[C@H](C)[C@@H]([C@@H](CC(=O)N1CCC[C@H]1[C@H](OC)[C@@H](C)C(=O)NS(=O)(=O)c1ccc(N)cc1)OC)N(C)C(=O)C(CC(=O)[C@H](C(C)C)N(C)C)C(C)C. The molecule has 0 saturated carbocycles. The summed E-state index contributed by atoms with van der Waals surface area (Å²) in [5.74, 6) is -5.51. The molecule has 2 saturated heterocycles. The molecule has 6 amide bonds. The van der Waals surface area contributed by atoms with Gasteiger partial charge in [-0.05, 0) is 131 Å². The lowest BCUT2D eigenvalue weighted by molar-refractivity contribution is -0.149. The molecule has 0 aliphatic carbocycles. The predicted octanol–water partition coefficient (Wildman–Crippen LogP) is 7.76. The third kappa shape index (κ3) is 25.8. The Hall–Kier alpha value is -6.14. The first kappa shape index (κ1) is 93.1. The average molecular weight is 1520 g/mol. The number of methoxy groups -OCH3 is 4. The predicted molar refractivity (Wildman–Crippen MR) is 411 cm³/mol. The molecule has 2 fully saturated rings. The van der Waals surface area contributed by atoms with Crippen LogP contribution in [-0.4, -0.2) is 238 Å². The molecule has 598 valence electrons. The number of benzene rings is 2. The van der Waals surface area contributed by atoms with Gasteiger partial charge in [-0.1, -0.05) is 122 Å². The van der Waals surface area contributed by atoms with Gasteiger partial charge in [0, 0.05) is 91.7 Å². The fourth-order valence-electron chi connectivity index (χ4n) is 15.6. The second-order valence-electron chi connectivity index (χ2n) is 31.0. The first-order valence-corrected chi connectivity index (χ1v) is 40.5. The van der Waals surface area contributed by atoms with Gasteiger partial charge in [0.2, 0.25) is 45.5 Å². The molecular formula is C77H132N10O16S2. The lowest BCUT2D eigenvalue weighted by Crippen LogP contribution is -2.54.